The second-order valence-electron chi connectivity index (χ2n) is 6.29. The fourth-order valence-electron chi connectivity index (χ4n) is 2.67. The van der Waals surface area contributed by atoms with E-state index in [1.807, 2.05) is 0 Å². The van der Waals surface area contributed by atoms with Crippen LogP contribution in [0, 0.1) is 5.41 Å². The summed E-state index contributed by atoms with van der Waals surface area (Å²) < 4.78 is 5.91. The summed E-state index contributed by atoms with van der Waals surface area (Å²) in [6.07, 6.45) is 4.89. The minimum absolute atomic E-state index is 0.227. The van der Waals surface area contributed by atoms with Gasteiger partial charge in [0.25, 0.3) is 0 Å². The van der Waals surface area contributed by atoms with E-state index in [0.717, 1.165) is 6.54 Å². The molecular formula is C12H23NO. The van der Waals surface area contributed by atoms with Crippen LogP contribution in [-0.4, -0.2) is 24.3 Å². The zero-order valence-corrected chi connectivity index (χ0v) is 9.89. The predicted octanol–water partition coefficient (Wildman–Crippen LogP) is 2.33. The van der Waals surface area contributed by atoms with E-state index in [0.29, 0.717) is 17.6 Å². The van der Waals surface area contributed by atoms with Crippen LogP contribution in [0.2, 0.25) is 0 Å². The first kappa shape index (κ1) is 10.4. The molecule has 0 aliphatic carbocycles. The fraction of sp³-hybridized carbons (Fsp3) is 1.00. The van der Waals surface area contributed by atoms with Gasteiger partial charge >= 0.3 is 0 Å². The summed E-state index contributed by atoms with van der Waals surface area (Å²) in [5.74, 6) is 0. The highest BCUT2D eigenvalue weighted by molar-refractivity contribution is 4.99. The lowest BCUT2D eigenvalue weighted by Gasteiger charge is -2.34. The molecule has 3 atom stereocenters. The summed E-state index contributed by atoms with van der Waals surface area (Å²) >= 11 is 0. The van der Waals surface area contributed by atoms with Crippen LogP contribution in [0.25, 0.3) is 0 Å². The van der Waals surface area contributed by atoms with Crippen LogP contribution >= 0.6 is 0 Å². The van der Waals surface area contributed by atoms with Gasteiger partial charge in [-0.1, -0.05) is 6.92 Å². The normalized spacial score (nSPS) is 42.0. The summed E-state index contributed by atoms with van der Waals surface area (Å²) in [5.41, 5.74) is 0.612. The van der Waals surface area contributed by atoms with Crippen molar-refractivity contribution in [1.82, 2.24) is 5.32 Å². The lowest BCUT2D eigenvalue weighted by atomic mass is 9.75. The van der Waals surface area contributed by atoms with Crippen LogP contribution in [0.15, 0.2) is 0 Å². The quantitative estimate of drug-likeness (QED) is 0.733. The Morgan fingerprint density at radius 1 is 1.36 bits per heavy atom. The van der Waals surface area contributed by atoms with Gasteiger partial charge in [0.1, 0.15) is 0 Å². The predicted molar refractivity (Wildman–Crippen MR) is 58.4 cm³/mol. The number of rotatable bonds is 2. The van der Waals surface area contributed by atoms with Crippen molar-refractivity contribution in [3.8, 4) is 0 Å². The second-order valence-corrected chi connectivity index (χ2v) is 6.29. The summed E-state index contributed by atoms with van der Waals surface area (Å²) in [6, 6.07) is 0. The van der Waals surface area contributed by atoms with Crippen LogP contribution in [0.3, 0.4) is 0 Å². The van der Waals surface area contributed by atoms with Gasteiger partial charge in [-0.2, -0.15) is 0 Å². The molecule has 2 aliphatic heterocycles. The van der Waals surface area contributed by atoms with Gasteiger partial charge in [0, 0.05) is 17.5 Å². The largest absolute Gasteiger partial charge is 0.374 e. The molecule has 0 radical (unpaired) electrons. The van der Waals surface area contributed by atoms with E-state index in [2.05, 4.69) is 33.0 Å². The Bertz CT molecular complexity index is 221. The number of hydrogen-bond acceptors (Lipinski definition) is 2. The Labute approximate surface area is 87.4 Å². The molecule has 0 aromatic rings. The van der Waals surface area contributed by atoms with Crippen molar-refractivity contribution in [2.24, 2.45) is 5.41 Å². The maximum absolute atomic E-state index is 5.91. The molecular weight excluding hydrogens is 174 g/mol. The van der Waals surface area contributed by atoms with Crippen LogP contribution in [0.5, 0.6) is 0 Å². The third-order valence-corrected chi connectivity index (χ3v) is 3.60. The van der Waals surface area contributed by atoms with Gasteiger partial charge < -0.3 is 10.1 Å². The van der Waals surface area contributed by atoms with E-state index >= 15 is 0 Å². The molecule has 2 heterocycles. The summed E-state index contributed by atoms with van der Waals surface area (Å²) in [5, 5.41) is 3.61. The van der Waals surface area contributed by atoms with Gasteiger partial charge in [-0.05, 0) is 40.0 Å². The smallest absolute Gasteiger partial charge is 0.0646 e. The molecule has 1 N–H and O–H groups in total. The van der Waals surface area contributed by atoms with Crippen LogP contribution in [0.4, 0.5) is 0 Å². The molecule has 2 nitrogen and oxygen atoms in total. The zero-order valence-electron chi connectivity index (χ0n) is 9.89. The Morgan fingerprint density at radius 3 is 2.50 bits per heavy atom. The highest BCUT2D eigenvalue weighted by Gasteiger charge is 2.49. The third-order valence-electron chi connectivity index (χ3n) is 3.60. The molecule has 2 aliphatic rings. The van der Waals surface area contributed by atoms with Crippen molar-refractivity contribution in [2.75, 3.05) is 6.54 Å². The van der Waals surface area contributed by atoms with Gasteiger partial charge in [0.2, 0.25) is 0 Å². The minimum Gasteiger partial charge on any atom is -0.374 e. The minimum atomic E-state index is 0.227. The molecule has 0 aromatic carbocycles. The zero-order chi connectivity index (χ0) is 10.4. The third kappa shape index (κ3) is 1.96. The highest BCUT2D eigenvalue weighted by atomic mass is 16.5. The van der Waals surface area contributed by atoms with Gasteiger partial charge in [-0.25, -0.2) is 0 Å². The molecule has 2 heteroatoms. The van der Waals surface area contributed by atoms with E-state index in [-0.39, 0.29) is 5.54 Å². The molecule has 0 aromatic heterocycles. The number of ether oxygens (including phenoxy) is 1. The van der Waals surface area contributed by atoms with Crippen molar-refractivity contribution >= 4 is 0 Å². The van der Waals surface area contributed by atoms with Gasteiger partial charge in [-0.15, -0.1) is 0 Å². The van der Waals surface area contributed by atoms with E-state index in [1.165, 1.54) is 19.3 Å². The summed E-state index contributed by atoms with van der Waals surface area (Å²) in [6.45, 7) is 10.1. The van der Waals surface area contributed by atoms with Crippen molar-refractivity contribution < 1.29 is 4.74 Å². The molecule has 82 valence electrons. The fourth-order valence-corrected chi connectivity index (χ4v) is 2.67. The van der Waals surface area contributed by atoms with Gasteiger partial charge in [0.15, 0.2) is 0 Å². The molecule has 0 spiro atoms. The van der Waals surface area contributed by atoms with Gasteiger partial charge in [-0.3, -0.25) is 0 Å². The lowest BCUT2D eigenvalue weighted by molar-refractivity contribution is 0.0648. The van der Waals surface area contributed by atoms with Crippen molar-refractivity contribution in [3.05, 3.63) is 0 Å². The Kier molecular flexibility index (Phi) is 2.39. The van der Waals surface area contributed by atoms with E-state index in [1.54, 1.807) is 0 Å². The molecule has 2 bridgehead atoms. The van der Waals surface area contributed by atoms with E-state index in [4.69, 9.17) is 4.74 Å². The highest BCUT2D eigenvalue weighted by Crippen LogP contribution is 2.47. The summed E-state index contributed by atoms with van der Waals surface area (Å²) in [4.78, 5) is 0. The molecule has 2 rings (SSSR count). The first-order valence-electron chi connectivity index (χ1n) is 5.80. The number of nitrogens with one attached hydrogen (secondary N) is 1. The van der Waals surface area contributed by atoms with E-state index in [9.17, 15) is 0 Å². The van der Waals surface area contributed by atoms with Gasteiger partial charge in [0.05, 0.1) is 12.2 Å². The Balaban J connectivity index is 1.91. The Morgan fingerprint density at radius 2 is 2.07 bits per heavy atom. The second kappa shape index (κ2) is 3.21. The van der Waals surface area contributed by atoms with Crippen LogP contribution < -0.4 is 5.32 Å². The molecule has 2 fully saturated rings. The average Bonchev–Trinajstić information content (AvgIpc) is 2.59. The number of hydrogen-bond donors (Lipinski definition) is 1. The average molecular weight is 197 g/mol. The molecule has 3 unspecified atom stereocenters. The molecule has 0 amide bonds. The monoisotopic (exact) mass is 197 g/mol. The molecule has 2 saturated heterocycles. The maximum Gasteiger partial charge on any atom is 0.0646 e. The van der Waals surface area contributed by atoms with E-state index < -0.39 is 0 Å². The first-order valence-corrected chi connectivity index (χ1v) is 5.80. The maximum atomic E-state index is 5.91. The SMILES string of the molecule is CC(C)(C)NCC1(C)CC2CCC1O2. The molecule has 0 saturated carbocycles. The van der Waals surface area contributed by atoms with Crippen molar-refractivity contribution in [1.29, 1.82) is 0 Å². The molecule has 14 heavy (non-hydrogen) atoms. The first-order chi connectivity index (χ1) is 6.39. The van der Waals surface area contributed by atoms with Crippen molar-refractivity contribution in [3.63, 3.8) is 0 Å². The van der Waals surface area contributed by atoms with Crippen molar-refractivity contribution in [2.45, 2.75) is 64.7 Å². The lowest BCUT2D eigenvalue weighted by Crippen LogP contribution is -2.46. The number of fused-ring (bicyclic) bond motifs is 2. The topological polar surface area (TPSA) is 21.3 Å². The van der Waals surface area contributed by atoms with Crippen LogP contribution in [0.1, 0.15) is 47.0 Å². The standard InChI is InChI=1S/C12H23NO/c1-11(2,3)13-8-12(4)7-9-5-6-10(12)14-9/h9-10,13H,5-8H2,1-4H3. The Hall–Kier alpha value is -0.0800. The summed E-state index contributed by atoms with van der Waals surface area (Å²) in [7, 11) is 0. The van der Waals surface area contributed by atoms with Crippen LogP contribution in [-0.2, 0) is 4.74 Å².